The molecule has 0 amide bonds. The fraction of sp³-hybridized carbons (Fsp3) is 0. The third-order valence-electron chi connectivity index (χ3n) is 1.30. The van der Waals surface area contributed by atoms with Crippen molar-refractivity contribution >= 4 is 24.2 Å². The minimum absolute atomic E-state index is 0.157. The van der Waals surface area contributed by atoms with Crippen LogP contribution in [-0.4, -0.2) is 33.0 Å². The van der Waals surface area contributed by atoms with Crippen LogP contribution in [0.5, 0.6) is 0 Å². The maximum Gasteiger partial charge on any atom is 0.194 e. The number of carbonyl (C=O) groups excluding carboxylic acids is 2. The molecule has 0 saturated carbocycles. The fourth-order valence-electron chi connectivity index (χ4n) is 0.806. The molecule has 0 radical (unpaired) electrons. The van der Waals surface area contributed by atoms with Crippen molar-refractivity contribution in [3.8, 4) is 6.19 Å². The molecular formula is C8H8N6O2. The zero-order valence-corrected chi connectivity index (χ0v) is 8.12. The lowest BCUT2D eigenvalue weighted by molar-refractivity contribution is -0.0979. The van der Waals surface area contributed by atoms with Gasteiger partial charge in [-0.3, -0.25) is 4.79 Å². The van der Waals surface area contributed by atoms with Gasteiger partial charge in [-0.1, -0.05) is 0 Å². The second-order valence-corrected chi connectivity index (χ2v) is 2.11. The highest BCUT2D eigenvalue weighted by Crippen LogP contribution is 2.01. The summed E-state index contributed by atoms with van der Waals surface area (Å²) in [6.07, 6.45) is 4.88. The molecule has 0 unspecified atom stereocenters. The number of nitrogens with zero attached hydrogens (tertiary/aromatic N) is 4. The first kappa shape index (κ1) is 13.2. The van der Waals surface area contributed by atoms with Gasteiger partial charge in [-0.05, 0) is 0 Å². The normalized spacial score (nSPS) is 7.69. The van der Waals surface area contributed by atoms with Gasteiger partial charge in [0.15, 0.2) is 24.0 Å². The lowest BCUT2D eigenvalue weighted by Gasteiger charge is -1.86. The van der Waals surface area contributed by atoms with Crippen LogP contribution >= 0.6 is 0 Å². The average Bonchev–Trinajstić information content (AvgIpc) is 2.79. The maximum absolute atomic E-state index is 10.2. The molecule has 8 heteroatoms. The number of carbonyl (C=O) groups is 2. The quantitative estimate of drug-likeness (QED) is 0.371. The second-order valence-electron chi connectivity index (χ2n) is 2.11. The van der Waals surface area contributed by atoms with E-state index in [1.807, 2.05) is 6.79 Å². The summed E-state index contributed by atoms with van der Waals surface area (Å²) in [7, 11) is 0. The number of hydrogen-bond acceptors (Lipinski definition) is 7. The highest BCUT2D eigenvalue weighted by molar-refractivity contribution is 5.75. The molecule has 2 aromatic rings. The zero-order chi connectivity index (χ0) is 12.4. The molecule has 8 nitrogen and oxygen atoms in total. The number of aldehydes is 1. The minimum atomic E-state index is 0.157. The van der Waals surface area contributed by atoms with Gasteiger partial charge < -0.3 is 15.5 Å². The predicted molar refractivity (Wildman–Crippen MR) is 54.0 cm³/mol. The van der Waals surface area contributed by atoms with E-state index < -0.39 is 0 Å². The molecule has 3 N–H and O–H groups in total. The van der Waals surface area contributed by atoms with Crippen molar-refractivity contribution in [1.29, 1.82) is 5.26 Å². The van der Waals surface area contributed by atoms with Gasteiger partial charge in [0.05, 0.1) is 12.5 Å². The number of aromatic amines is 1. The Hall–Kier alpha value is -2.82. The molecule has 0 bridgehead atoms. The Morgan fingerprint density at radius 2 is 2.12 bits per heavy atom. The van der Waals surface area contributed by atoms with Crippen molar-refractivity contribution in [2.75, 3.05) is 0 Å². The summed E-state index contributed by atoms with van der Waals surface area (Å²) in [6.45, 7) is 2.00. The van der Waals surface area contributed by atoms with E-state index in [9.17, 15) is 4.79 Å². The lowest BCUT2D eigenvalue weighted by Crippen LogP contribution is -1.91. The summed E-state index contributed by atoms with van der Waals surface area (Å²) < 4.78 is 0. The van der Waals surface area contributed by atoms with E-state index in [0.717, 1.165) is 5.52 Å². The van der Waals surface area contributed by atoms with Gasteiger partial charge >= 0.3 is 0 Å². The SMILES string of the molecule is C=O.N#CN.O=Cc1ncc2[nH]cnc2n1. The number of nitriles is 1. The Bertz CT molecular complexity index is 488. The molecule has 0 aliphatic heterocycles. The van der Waals surface area contributed by atoms with E-state index in [4.69, 9.17) is 10.1 Å². The van der Waals surface area contributed by atoms with Crippen LogP contribution in [0, 0.1) is 11.5 Å². The lowest BCUT2D eigenvalue weighted by atomic mass is 10.5. The zero-order valence-electron chi connectivity index (χ0n) is 8.12. The van der Waals surface area contributed by atoms with Gasteiger partial charge in [0, 0.05) is 0 Å². The van der Waals surface area contributed by atoms with Gasteiger partial charge in [-0.2, -0.15) is 5.26 Å². The summed E-state index contributed by atoms with van der Waals surface area (Å²) in [5.41, 5.74) is 5.40. The Morgan fingerprint density at radius 3 is 2.69 bits per heavy atom. The molecule has 82 valence electrons. The van der Waals surface area contributed by atoms with Gasteiger partial charge in [-0.15, -0.1) is 0 Å². The molecule has 0 aromatic carbocycles. The largest absolute Gasteiger partial charge is 0.342 e. The number of rotatable bonds is 1. The maximum atomic E-state index is 10.2. The molecule has 0 spiro atoms. The number of fused-ring (bicyclic) bond motifs is 1. The number of H-pyrrole nitrogens is 1. The standard InChI is InChI=1S/C6H4N4O.CH2N2.CH2O/c11-2-5-7-1-4-6(10-5)9-3-8-4;2-1-3;1-2/h1-3H,(H,7,8,9,10);2H2;1H2. The van der Waals surface area contributed by atoms with Crippen molar-refractivity contribution in [2.24, 2.45) is 5.73 Å². The van der Waals surface area contributed by atoms with Crippen LogP contribution in [-0.2, 0) is 4.79 Å². The summed E-state index contributed by atoms with van der Waals surface area (Å²) in [6, 6.07) is 0. The first-order chi connectivity index (χ1) is 7.81. The first-order valence-electron chi connectivity index (χ1n) is 3.81. The van der Waals surface area contributed by atoms with Gasteiger partial charge in [0.25, 0.3) is 0 Å². The third kappa shape index (κ3) is 3.51. The summed E-state index contributed by atoms with van der Waals surface area (Å²) in [5, 5.41) is 7.10. The molecule has 0 aliphatic carbocycles. The molecule has 0 fully saturated rings. The monoisotopic (exact) mass is 220 g/mol. The number of nitrogens with two attached hydrogens (primary N) is 1. The Morgan fingerprint density at radius 1 is 1.50 bits per heavy atom. The van der Waals surface area contributed by atoms with Crippen LogP contribution in [0.3, 0.4) is 0 Å². The van der Waals surface area contributed by atoms with Crippen LogP contribution in [0.2, 0.25) is 0 Å². The van der Waals surface area contributed by atoms with Crippen molar-refractivity contribution in [3.05, 3.63) is 18.3 Å². The Kier molecular flexibility index (Phi) is 6.24. The van der Waals surface area contributed by atoms with Crippen molar-refractivity contribution in [3.63, 3.8) is 0 Å². The molecule has 2 rings (SSSR count). The first-order valence-corrected chi connectivity index (χ1v) is 3.81. The number of imidazole rings is 1. The van der Waals surface area contributed by atoms with E-state index in [1.54, 1.807) is 0 Å². The highest BCUT2D eigenvalue weighted by atomic mass is 16.1. The predicted octanol–water partition coefficient (Wildman–Crippen LogP) is -0.593. The molecule has 0 saturated heterocycles. The molecule has 2 aromatic heterocycles. The van der Waals surface area contributed by atoms with Crippen LogP contribution in [0.4, 0.5) is 0 Å². The molecule has 0 aliphatic rings. The Labute approximate surface area is 90.1 Å². The Balaban J connectivity index is 0.000000394. The number of aromatic nitrogens is 4. The highest BCUT2D eigenvalue weighted by Gasteiger charge is 1.98. The van der Waals surface area contributed by atoms with E-state index in [2.05, 4.69) is 25.7 Å². The van der Waals surface area contributed by atoms with Crippen molar-refractivity contribution < 1.29 is 9.59 Å². The van der Waals surface area contributed by atoms with E-state index in [1.165, 1.54) is 18.7 Å². The molecule has 16 heavy (non-hydrogen) atoms. The summed E-state index contributed by atoms with van der Waals surface area (Å²) >= 11 is 0. The van der Waals surface area contributed by atoms with E-state index in [0.29, 0.717) is 11.9 Å². The van der Waals surface area contributed by atoms with Gasteiger partial charge in [0.1, 0.15) is 12.3 Å². The summed E-state index contributed by atoms with van der Waals surface area (Å²) in [5.74, 6) is 0.157. The van der Waals surface area contributed by atoms with Crippen molar-refractivity contribution in [1.82, 2.24) is 19.9 Å². The van der Waals surface area contributed by atoms with Crippen LogP contribution in [0.25, 0.3) is 11.2 Å². The fourth-order valence-corrected chi connectivity index (χ4v) is 0.806. The minimum Gasteiger partial charge on any atom is -0.342 e. The average molecular weight is 220 g/mol. The molecule has 2 heterocycles. The van der Waals surface area contributed by atoms with Gasteiger partial charge in [-0.25, -0.2) is 15.0 Å². The van der Waals surface area contributed by atoms with Crippen molar-refractivity contribution in [2.45, 2.75) is 0 Å². The molecular weight excluding hydrogens is 212 g/mol. The number of hydrogen-bond donors (Lipinski definition) is 2. The topological polar surface area (TPSA) is 138 Å². The van der Waals surface area contributed by atoms with Crippen LogP contribution in [0.1, 0.15) is 10.6 Å². The van der Waals surface area contributed by atoms with Crippen LogP contribution < -0.4 is 5.73 Å². The van der Waals surface area contributed by atoms with E-state index in [-0.39, 0.29) is 5.82 Å². The molecule has 0 atom stereocenters. The number of nitrogens with one attached hydrogen (secondary N) is 1. The van der Waals surface area contributed by atoms with E-state index >= 15 is 0 Å². The second kappa shape index (κ2) is 7.57. The summed E-state index contributed by atoms with van der Waals surface area (Å²) in [4.78, 5) is 32.5. The van der Waals surface area contributed by atoms with Gasteiger partial charge in [0.2, 0.25) is 0 Å². The smallest absolute Gasteiger partial charge is 0.194 e. The van der Waals surface area contributed by atoms with Crippen LogP contribution in [0.15, 0.2) is 12.5 Å². The third-order valence-corrected chi connectivity index (χ3v) is 1.30.